The molecule has 0 bridgehead atoms. The molecule has 17 heavy (non-hydrogen) atoms. The molecule has 1 aromatic rings. The molecule has 4 atom stereocenters. The Morgan fingerprint density at radius 1 is 1.76 bits per heavy atom. The molecule has 1 aliphatic heterocycles. The maximum absolute atomic E-state index is 12.5. The van der Waals surface area contributed by atoms with E-state index in [9.17, 15) is 19.6 Å². The van der Waals surface area contributed by atoms with Crippen LogP contribution in [-0.4, -0.2) is 43.8 Å². The van der Waals surface area contributed by atoms with Crippen molar-refractivity contribution in [1.29, 1.82) is 0 Å². The van der Waals surface area contributed by atoms with Crippen molar-refractivity contribution in [1.82, 2.24) is 9.55 Å². The summed E-state index contributed by atoms with van der Waals surface area (Å²) in [5.74, 6) is -0.465. The quantitative estimate of drug-likeness (QED) is 0.492. The summed E-state index contributed by atoms with van der Waals surface area (Å²) >= 11 is 5.86. The topological polar surface area (TPSA) is 90.4 Å². The SMILES string of the molecule is O=[N+]([O-])c1nccn1C1O[C@H](CF)[C@@H](O)[C@@H]1Cl. The van der Waals surface area contributed by atoms with Gasteiger partial charge in [-0.05, 0) is 4.92 Å². The van der Waals surface area contributed by atoms with Crippen LogP contribution in [0.15, 0.2) is 12.4 Å². The van der Waals surface area contributed by atoms with Gasteiger partial charge in [-0.25, -0.2) is 8.96 Å². The maximum atomic E-state index is 12.5. The number of nitro groups is 1. The fourth-order valence-corrected chi connectivity index (χ4v) is 2.04. The van der Waals surface area contributed by atoms with Crippen molar-refractivity contribution in [2.24, 2.45) is 0 Å². The molecule has 1 fully saturated rings. The van der Waals surface area contributed by atoms with Crippen LogP contribution in [0.3, 0.4) is 0 Å². The van der Waals surface area contributed by atoms with E-state index in [-0.39, 0.29) is 0 Å². The number of hydrogen-bond acceptors (Lipinski definition) is 5. The number of aliphatic hydroxyl groups is 1. The first-order valence-corrected chi connectivity index (χ1v) is 5.20. The van der Waals surface area contributed by atoms with Crippen molar-refractivity contribution >= 4 is 17.5 Å². The summed E-state index contributed by atoms with van der Waals surface area (Å²) in [5, 5.41) is 19.3. The molecule has 2 rings (SSSR count). The van der Waals surface area contributed by atoms with Gasteiger partial charge in [-0.1, -0.05) is 4.98 Å². The van der Waals surface area contributed by atoms with Gasteiger partial charge in [0.2, 0.25) is 6.23 Å². The van der Waals surface area contributed by atoms with Gasteiger partial charge in [0.15, 0.2) is 0 Å². The van der Waals surface area contributed by atoms with E-state index in [4.69, 9.17) is 16.3 Å². The molecule has 0 radical (unpaired) electrons. The first-order chi connectivity index (χ1) is 8.06. The molecule has 1 aromatic heterocycles. The number of rotatable bonds is 3. The van der Waals surface area contributed by atoms with Crippen LogP contribution < -0.4 is 0 Å². The second kappa shape index (κ2) is 4.55. The van der Waals surface area contributed by atoms with Crippen molar-refractivity contribution in [3.63, 3.8) is 0 Å². The van der Waals surface area contributed by atoms with Gasteiger partial charge in [0.05, 0.1) is 0 Å². The highest BCUT2D eigenvalue weighted by molar-refractivity contribution is 6.21. The predicted molar refractivity (Wildman–Crippen MR) is 54.4 cm³/mol. The third-order valence-electron chi connectivity index (χ3n) is 2.53. The number of aromatic nitrogens is 2. The molecule has 0 spiro atoms. The highest BCUT2D eigenvalue weighted by atomic mass is 35.5. The Bertz CT molecular complexity index is 429. The molecule has 94 valence electrons. The molecule has 1 unspecified atom stereocenters. The minimum Gasteiger partial charge on any atom is -0.390 e. The number of halogens is 2. The van der Waals surface area contributed by atoms with Crippen LogP contribution in [0.5, 0.6) is 0 Å². The third-order valence-corrected chi connectivity index (χ3v) is 3.01. The lowest BCUT2D eigenvalue weighted by Crippen LogP contribution is -2.28. The Balaban J connectivity index is 2.29. The average Bonchev–Trinajstić information content (AvgIpc) is 2.86. The number of alkyl halides is 2. The van der Waals surface area contributed by atoms with Crippen LogP contribution in [0.1, 0.15) is 6.23 Å². The Labute approximate surface area is 99.9 Å². The monoisotopic (exact) mass is 265 g/mol. The minimum absolute atomic E-state index is 0.465. The van der Waals surface area contributed by atoms with Crippen LogP contribution in [-0.2, 0) is 4.74 Å². The van der Waals surface area contributed by atoms with Crippen LogP contribution in [0.4, 0.5) is 10.3 Å². The Morgan fingerprint density at radius 3 is 3.00 bits per heavy atom. The van der Waals surface area contributed by atoms with Gasteiger partial charge in [-0.2, -0.15) is 0 Å². The van der Waals surface area contributed by atoms with Crippen LogP contribution in [0.25, 0.3) is 0 Å². The van der Waals surface area contributed by atoms with Crippen molar-refractivity contribution < 1.29 is 19.2 Å². The average molecular weight is 266 g/mol. The summed E-state index contributed by atoms with van der Waals surface area (Å²) in [5.41, 5.74) is 0. The minimum atomic E-state index is -1.21. The number of ether oxygens (including phenoxy) is 1. The van der Waals surface area contributed by atoms with E-state index in [1.165, 1.54) is 12.4 Å². The fraction of sp³-hybridized carbons (Fsp3) is 0.625. The van der Waals surface area contributed by atoms with Crippen molar-refractivity contribution in [2.75, 3.05) is 6.67 Å². The highest BCUT2D eigenvalue weighted by Crippen LogP contribution is 2.35. The molecule has 1 N–H and O–H groups in total. The standard InChI is InChI=1S/C8H9ClFN3O4/c9-5-6(14)4(3-10)17-7(5)12-2-1-11-8(12)13(15)16/h1-2,4-7,14H,3H2/t4-,5+,6-,7?/m1/s1. The summed E-state index contributed by atoms with van der Waals surface area (Å²) in [6.45, 7) is -0.913. The largest absolute Gasteiger partial charge is 0.436 e. The first kappa shape index (κ1) is 12.2. The van der Waals surface area contributed by atoms with Crippen molar-refractivity contribution in [2.45, 2.75) is 23.8 Å². The summed E-state index contributed by atoms with van der Waals surface area (Å²) in [6.07, 6.45) is -0.792. The zero-order chi connectivity index (χ0) is 12.6. The van der Waals surface area contributed by atoms with Gasteiger partial charge in [0, 0.05) is 0 Å². The molecule has 1 aliphatic rings. The van der Waals surface area contributed by atoms with Gasteiger partial charge in [-0.15, -0.1) is 11.6 Å². The molecule has 0 saturated carbocycles. The van der Waals surface area contributed by atoms with E-state index >= 15 is 0 Å². The summed E-state index contributed by atoms with van der Waals surface area (Å²) < 4.78 is 18.7. The number of hydrogen-bond donors (Lipinski definition) is 1. The molecular formula is C8H9ClFN3O4. The molecule has 7 nitrogen and oxygen atoms in total. The molecule has 0 aromatic carbocycles. The van der Waals surface area contributed by atoms with Gasteiger partial charge >= 0.3 is 5.95 Å². The second-order valence-corrected chi connectivity index (χ2v) is 4.05. The highest BCUT2D eigenvalue weighted by Gasteiger charge is 2.46. The lowest BCUT2D eigenvalue weighted by molar-refractivity contribution is -0.398. The van der Waals surface area contributed by atoms with Gasteiger partial charge in [0.1, 0.15) is 36.7 Å². The van der Waals surface area contributed by atoms with E-state index in [2.05, 4.69) is 4.98 Å². The smallest absolute Gasteiger partial charge is 0.390 e. The van der Waals surface area contributed by atoms with Gasteiger partial charge in [0.25, 0.3) is 0 Å². The van der Waals surface area contributed by atoms with Gasteiger partial charge < -0.3 is 20.0 Å². The van der Waals surface area contributed by atoms with Gasteiger partial charge in [-0.3, -0.25) is 0 Å². The van der Waals surface area contributed by atoms with E-state index in [1.807, 2.05) is 0 Å². The molecule has 9 heteroatoms. The molecule has 1 saturated heterocycles. The number of nitrogens with zero attached hydrogens (tertiary/aromatic N) is 3. The van der Waals surface area contributed by atoms with Crippen LogP contribution in [0.2, 0.25) is 0 Å². The third kappa shape index (κ3) is 1.99. The normalized spacial score (nSPS) is 32.9. The van der Waals surface area contributed by atoms with Crippen molar-refractivity contribution in [3.05, 3.63) is 22.5 Å². The Morgan fingerprint density at radius 2 is 2.47 bits per heavy atom. The van der Waals surface area contributed by atoms with Crippen molar-refractivity contribution in [3.8, 4) is 0 Å². The number of aliphatic hydroxyl groups excluding tert-OH is 1. The summed E-state index contributed by atoms with van der Waals surface area (Å²) in [4.78, 5) is 13.5. The molecule has 2 heterocycles. The molecular weight excluding hydrogens is 257 g/mol. The zero-order valence-corrected chi connectivity index (χ0v) is 9.20. The Kier molecular flexibility index (Phi) is 3.27. The second-order valence-electron chi connectivity index (χ2n) is 3.55. The fourth-order valence-electron chi connectivity index (χ4n) is 1.70. The lowest BCUT2D eigenvalue weighted by atomic mass is 10.2. The first-order valence-electron chi connectivity index (χ1n) is 4.77. The summed E-state index contributed by atoms with van der Waals surface area (Å²) in [6, 6.07) is 0. The van der Waals surface area contributed by atoms with E-state index in [1.54, 1.807) is 0 Å². The predicted octanol–water partition coefficient (Wildman–Crippen LogP) is 0.626. The van der Waals surface area contributed by atoms with E-state index in [0.717, 1.165) is 4.57 Å². The van der Waals surface area contributed by atoms with E-state index in [0.29, 0.717) is 0 Å². The summed E-state index contributed by atoms with van der Waals surface area (Å²) in [7, 11) is 0. The van der Waals surface area contributed by atoms with E-state index < -0.39 is 41.4 Å². The Hall–Kier alpha value is -1.25. The maximum Gasteiger partial charge on any atom is 0.436 e. The molecule has 0 aliphatic carbocycles. The number of imidazole rings is 1. The zero-order valence-electron chi connectivity index (χ0n) is 8.44. The molecule has 0 amide bonds. The van der Waals surface area contributed by atoms with Crippen LogP contribution >= 0.6 is 11.6 Å². The van der Waals surface area contributed by atoms with Crippen LogP contribution in [0, 0.1) is 10.1 Å². The lowest BCUT2D eigenvalue weighted by Gasteiger charge is -2.12.